The Morgan fingerprint density at radius 3 is 2.48 bits per heavy atom. The van der Waals surface area contributed by atoms with E-state index in [1.807, 2.05) is 0 Å². The number of ether oxygens (including phenoxy) is 2. The van der Waals surface area contributed by atoms with Gasteiger partial charge in [0.1, 0.15) is 11.7 Å². The van der Waals surface area contributed by atoms with Gasteiger partial charge < -0.3 is 29.9 Å². The Bertz CT molecular complexity index is 491. The molecule has 0 bridgehead atoms. The molecule has 1 rings (SSSR count). The van der Waals surface area contributed by atoms with Gasteiger partial charge in [-0.2, -0.15) is 0 Å². The van der Waals surface area contributed by atoms with Gasteiger partial charge in [0.2, 0.25) is 0 Å². The van der Waals surface area contributed by atoms with Crippen LogP contribution < -0.4 is 0 Å². The second-order valence-corrected chi connectivity index (χ2v) is 7.84. The fourth-order valence-electron chi connectivity index (χ4n) is 3.48. The van der Waals surface area contributed by atoms with Gasteiger partial charge in [-0.25, -0.2) is 0 Å². The zero-order valence-electron chi connectivity index (χ0n) is 17.0. The second kappa shape index (κ2) is 10.5. The fourth-order valence-corrected chi connectivity index (χ4v) is 3.48. The van der Waals surface area contributed by atoms with Crippen LogP contribution in [0.4, 0.5) is 0 Å². The Labute approximate surface area is 162 Å². The normalized spacial score (nSPS) is 39.5. The van der Waals surface area contributed by atoms with Crippen LogP contribution in [0.25, 0.3) is 0 Å². The number of cyclic esters (lactones) is 1. The van der Waals surface area contributed by atoms with Gasteiger partial charge >= 0.3 is 5.97 Å². The lowest BCUT2D eigenvalue weighted by molar-refractivity contribution is -0.177. The van der Waals surface area contributed by atoms with E-state index >= 15 is 0 Å². The van der Waals surface area contributed by atoms with Crippen molar-refractivity contribution in [1.29, 1.82) is 0 Å². The zero-order chi connectivity index (χ0) is 20.8. The van der Waals surface area contributed by atoms with Crippen LogP contribution in [0.3, 0.4) is 0 Å². The van der Waals surface area contributed by atoms with E-state index in [0.717, 1.165) is 12.8 Å². The van der Waals surface area contributed by atoms with Crippen molar-refractivity contribution in [2.45, 2.75) is 90.0 Å². The molecule has 0 aromatic carbocycles. The lowest BCUT2D eigenvalue weighted by Gasteiger charge is -2.39. The van der Waals surface area contributed by atoms with E-state index in [0.29, 0.717) is 6.42 Å². The van der Waals surface area contributed by atoms with Crippen LogP contribution in [-0.4, -0.2) is 69.1 Å². The summed E-state index contributed by atoms with van der Waals surface area (Å²) in [7, 11) is 0. The van der Waals surface area contributed by atoms with Gasteiger partial charge in [-0.15, -0.1) is 0 Å². The third-order valence-corrected chi connectivity index (χ3v) is 5.42. The number of carbonyl (C=O) groups is 1. The molecule has 158 valence electrons. The lowest BCUT2D eigenvalue weighted by atomic mass is 9.78. The summed E-state index contributed by atoms with van der Waals surface area (Å²) >= 11 is 0. The molecule has 0 aromatic heterocycles. The van der Waals surface area contributed by atoms with E-state index < -0.39 is 53.9 Å². The summed E-state index contributed by atoms with van der Waals surface area (Å²) in [5.74, 6) is -2.26. The van der Waals surface area contributed by atoms with Crippen molar-refractivity contribution in [3.63, 3.8) is 0 Å². The maximum atomic E-state index is 12.2. The Balaban J connectivity index is 2.87. The van der Waals surface area contributed by atoms with Crippen molar-refractivity contribution < 1.29 is 34.7 Å². The number of hydrogen-bond donors (Lipinski definition) is 4. The summed E-state index contributed by atoms with van der Waals surface area (Å²) in [6.45, 7) is 8.31. The van der Waals surface area contributed by atoms with Crippen LogP contribution in [0.1, 0.15) is 53.9 Å². The Hall–Kier alpha value is -0.990. The van der Waals surface area contributed by atoms with Crippen molar-refractivity contribution in [2.24, 2.45) is 11.8 Å². The largest absolute Gasteiger partial charge is 0.460 e. The number of carbonyl (C=O) groups excluding carboxylic acids is 1. The molecule has 0 amide bonds. The summed E-state index contributed by atoms with van der Waals surface area (Å²) in [6.07, 6.45) is 1.27. The predicted molar refractivity (Wildman–Crippen MR) is 101 cm³/mol. The highest BCUT2D eigenvalue weighted by Gasteiger charge is 2.50. The molecule has 0 saturated carbocycles. The van der Waals surface area contributed by atoms with Crippen LogP contribution in [0.5, 0.6) is 0 Å². The quantitative estimate of drug-likeness (QED) is 0.382. The molecule has 0 aromatic rings. The highest BCUT2D eigenvalue weighted by molar-refractivity contribution is 5.73. The number of unbranched alkanes of at least 4 members (excludes halogenated alkanes) is 1. The first-order valence-electron chi connectivity index (χ1n) is 9.79. The third kappa shape index (κ3) is 6.26. The van der Waals surface area contributed by atoms with Gasteiger partial charge in [0.25, 0.3) is 0 Å². The number of rotatable bonds is 7. The summed E-state index contributed by atoms with van der Waals surface area (Å²) in [5, 5.41) is 41.4. The minimum Gasteiger partial charge on any atom is -0.460 e. The molecule has 0 radical (unpaired) electrons. The van der Waals surface area contributed by atoms with Crippen molar-refractivity contribution in [3.8, 4) is 0 Å². The van der Waals surface area contributed by atoms with E-state index in [1.54, 1.807) is 26.0 Å². The first kappa shape index (κ1) is 24.0. The molecule has 7 nitrogen and oxygen atoms in total. The monoisotopic (exact) mass is 388 g/mol. The summed E-state index contributed by atoms with van der Waals surface area (Å²) in [6, 6.07) is 0. The minimum atomic E-state index is -1.89. The highest BCUT2D eigenvalue weighted by Crippen LogP contribution is 2.32. The summed E-state index contributed by atoms with van der Waals surface area (Å²) < 4.78 is 11.2. The summed E-state index contributed by atoms with van der Waals surface area (Å²) in [5.41, 5.74) is -1.89. The predicted octanol–water partition coefficient (Wildman–Crippen LogP) is 1.17. The molecule has 8 atom stereocenters. The first-order chi connectivity index (χ1) is 12.5. The summed E-state index contributed by atoms with van der Waals surface area (Å²) in [4.78, 5) is 12.2. The van der Waals surface area contributed by atoms with E-state index in [4.69, 9.17) is 9.47 Å². The van der Waals surface area contributed by atoms with Gasteiger partial charge in [0.15, 0.2) is 0 Å². The number of aliphatic hydroxyl groups is 4. The van der Waals surface area contributed by atoms with E-state index in [2.05, 4.69) is 6.92 Å². The highest BCUT2D eigenvalue weighted by atomic mass is 16.6. The molecule has 0 unspecified atom stereocenters. The van der Waals surface area contributed by atoms with Crippen molar-refractivity contribution in [2.75, 3.05) is 6.61 Å². The fraction of sp³-hybridized carbons (Fsp3) is 0.850. The van der Waals surface area contributed by atoms with Crippen molar-refractivity contribution in [3.05, 3.63) is 12.2 Å². The molecule has 0 aliphatic carbocycles. The Kier molecular flexibility index (Phi) is 9.38. The number of esters is 1. The van der Waals surface area contributed by atoms with Crippen molar-refractivity contribution in [1.82, 2.24) is 0 Å². The molecule has 0 spiro atoms. The van der Waals surface area contributed by atoms with Gasteiger partial charge in [-0.05, 0) is 27.2 Å². The molecule has 4 N–H and O–H groups in total. The van der Waals surface area contributed by atoms with E-state index in [9.17, 15) is 25.2 Å². The Morgan fingerprint density at radius 1 is 1.26 bits per heavy atom. The minimum absolute atomic E-state index is 0.160. The number of aliphatic hydroxyl groups excluding tert-OH is 3. The smallest absolute Gasteiger partial charge is 0.311 e. The standard InChI is InChI=1S/C20H36O7/c1-6-7-9-15(21)10-8-11-26-16-12(2)17(22)20(5,25)18(23)13(3)19(24)27-14(16)4/h8,10,12-18,21-23,25H,6-7,9,11H2,1-5H3/b10-8+/t12-,13+,14+,15-,16-,17+,18-,20-/m1/s1. The SMILES string of the molecule is CCCC[C@@H](O)/C=C/CO[C@@H]1[C@@H](C)[C@H](O)[C@@](C)(O)[C@H](O)[C@H](C)C(=O)O[C@H]1C. The topological polar surface area (TPSA) is 116 Å². The maximum absolute atomic E-state index is 12.2. The van der Waals surface area contributed by atoms with Gasteiger partial charge in [0.05, 0.1) is 36.9 Å². The molecular weight excluding hydrogens is 352 g/mol. The van der Waals surface area contributed by atoms with E-state index in [-0.39, 0.29) is 6.61 Å². The third-order valence-electron chi connectivity index (χ3n) is 5.42. The van der Waals surface area contributed by atoms with Gasteiger partial charge in [-0.1, -0.05) is 38.8 Å². The van der Waals surface area contributed by atoms with Gasteiger partial charge in [0, 0.05) is 5.92 Å². The molecular formula is C20H36O7. The molecule has 1 saturated heterocycles. The maximum Gasteiger partial charge on any atom is 0.311 e. The molecule has 27 heavy (non-hydrogen) atoms. The van der Waals surface area contributed by atoms with Gasteiger partial charge in [-0.3, -0.25) is 4.79 Å². The lowest BCUT2D eigenvalue weighted by Crippen LogP contribution is -2.57. The van der Waals surface area contributed by atoms with Crippen LogP contribution in [0.2, 0.25) is 0 Å². The Morgan fingerprint density at radius 2 is 1.89 bits per heavy atom. The first-order valence-corrected chi connectivity index (χ1v) is 9.79. The van der Waals surface area contributed by atoms with Crippen LogP contribution in [0, 0.1) is 11.8 Å². The van der Waals surface area contributed by atoms with Crippen LogP contribution >= 0.6 is 0 Å². The average Bonchev–Trinajstić information content (AvgIpc) is 2.63. The number of hydrogen-bond acceptors (Lipinski definition) is 7. The molecule has 1 heterocycles. The molecule has 7 heteroatoms. The van der Waals surface area contributed by atoms with Crippen LogP contribution in [-0.2, 0) is 14.3 Å². The van der Waals surface area contributed by atoms with Crippen LogP contribution in [0.15, 0.2) is 12.2 Å². The molecule has 1 aliphatic heterocycles. The average molecular weight is 389 g/mol. The zero-order valence-corrected chi connectivity index (χ0v) is 17.0. The second-order valence-electron chi connectivity index (χ2n) is 7.84. The molecule has 1 fully saturated rings. The van der Waals surface area contributed by atoms with Crippen molar-refractivity contribution >= 4 is 5.97 Å². The van der Waals surface area contributed by atoms with E-state index in [1.165, 1.54) is 13.8 Å². The molecule has 1 aliphatic rings.